The number of rotatable bonds is 5. The van der Waals surface area contributed by atoms with Gasteiger partial charge in [0.1, 0.15) is 6.17 Å². The quantitative estimate of drug-likeness (QED) is 0.792. The highest BCUT2D eigenvalue weighted by molar-refractivity contribution is 5.79. The van der Waals surface area contributed by atoms with Crippen LogP contribution in [0.25, 0.3) is 0 Å². The number of halogens is 1. The topological polar surface area (TPSA) is 53.6 Å². The SMILES string of the molecule is CN[C@@H]1C[C@H](F)CN1C(=O)CNC1C[C@H]2C[C@@H](OC)C[C@H]2C12CC2. The summed E-state index contributed by atoms with van der Waals surface area (Å²) >= 11 is 0. The molecule has 6 atom stereocenters. The Kier molecular flexibility index (Phi) is 4.34. The van der Waals surface area contributed by atoms with Crippen LogP contribution >= 0.6 is 0 Å². The summed E-state index contributed by atoms with van der Waals surface area (Å²) in [5.74, 6) is 1.54. The minimum Gasteiger partial charge on any atom is -0.381 e. The molecule has 3 saturated carbocycles. The number of carbonyl (C=O) groups excluding carboxylic acids is 1. The molecule has 0 aromatic heterocycles. The lowest BCUT2D eigenvalue weighted by molar-refractivity contribution is -0.131. The van der Waals surface area contributed by atoms with Gasteiger partial charge in [-0.15, -0.1) is 0 Å². The molecule has 1 saturated heterocycles. The molecule has 3 aliphatic carbocycles. The first-order chi connectivity index (χ1) is 11.6. The van der Waals surface area contributed by atoms with Crippen molar-refractivity contribution in [2.75, 3.05) is 27.2 Å². The Morgan fingerprint density at radius 3 is 2.75 bits per heavy atom. The van der Waals surface area contributed by atoms with Gasteiger partial charge in [0.05, 0.1) is 25.4 Å². The van der Waals surface area contributed by atoms with Crippen molar-refractivity contribution in [3.8, 4) is 0 Å². The van der Waals surface area contributed by atoms with Crippen molar-refractivity contribution in [3.63, 3.8) is 0 Å². The summed E-state index contributed by atoms with van der Waals surface area (Å²) in [6.07, 6.45) is 5.86. The highest BCUT2D eigenvalue weighted by atomic mass is 19.1. The fourth-order valence-electron chi connectivity index (χ4n) is 5.82. The third-order valence-corrected chi connectivity index (χ3v) is 7.19. The molecule has 1 aliphatic heterocycles. The Labute approximate surface area is 143 Å². The van der Waals surface area contributed by atoms with Crippen LogP contribution in [0, 0.1) is 17.3 Å². The molecule has 0 aromatic carbocycles. The zero-order valence-corrected chi connectivity index (χ0v) is 14.8. The van der Waals surface area contributed by atoms with Gasteiger partial charge in [-0.1, -0.05) is 0 Å². The zero-order chi connectivity index (χ0) is 16.9. The van der Waals surface area contributed by atoms with E-state index in [-0.39, 0.29) is 18.6 Å². The number of nitrogens with one attached hydrogen (secondary N) is 2. The van der Waals surface area contributed by atoms with Crippen LogP contribution in [0.2, 0.25) is 0 Å². The molecule has 1 unspecified atom stereocenters. The fourth-order valence-corrected chi connectivity index (χ4v) is 5.82. The number of methoxy groups -OCH3 is 1. The smallest absolute Gasteiger partial charge is 0.237 e. The van der Waals surface area contributed by atoms with Gasteiger partial charge in [0, 0.05) is 19.6 Å². The molecule has 1 amide bonds. The van der Waals surface area contributed by atoms with E-state index in [1.807, 2.05) is 7.11 Å². The minimum absolute atomic E-state index is 0.0251. The second kappa shape index (κ2) is 6.22. The molecule has 2 N–H and O–H groups in total. The average molecular weight is 339 g/mol. The number of hydrogen-bond acceptors (Lipinski definition) is 4. The standard InChI is InChI=1S/C18H30FN3O2/c1-20-16-7-12(19)10-22(16)17(23)9-21-15-6-11-5-13(24-2)8-14(11)18(15)3-4-18/h11-16,20-21H,3-10H2,1-2H3/t11-,12+,13-,14-,15?,16+/m1/s1. The lowest BCUT2D eigenvalue weighted by Gasteiger charge is -2.28. The molecule has 24 heavy (non-hydrogen) atoms. The number of carbonyl (C=O) groups is 1. The predicted molar refractivity (Wildman–Crippen MR) is 89.2 cm³/mol. The minimum atomic E-state index is -0.905. The van der Waals surface area contributed by atoms with Crippen molar-refractivity contribution < 1.29 is 13.9 Å². The monoisotopic (exact) mass is 339 g/mol. The molecule has 4 aliphatic rings. The fraction of sp³-hybridized carbons (Fsp3) is 0.944. The molecule has 0 radical (unpaired) electrons. The highest BCUT2D eigenvalue weighted by Gasteiger charge is 2.63. The van der Waals surface area contributed by atoms with Crippen molar-refractivity contribution in [2.45, 2.75) is 63.0 Å². The van der Waals surface area contributed by atoms with E-state index in [2.05, 4.69) is 10.6 Å². The first-order valence-corrected chi connectivity index (χ1v) is 9.44. The molecule has 1 spiro atoms. The van der Waals surface area contributed by atoms with Gasteiger partial charge in [-0.25, -0.2) is 4.39 Å². The van der Waals surface area contributed by atoms with Crippen molar-refractivity contribution in [1.82, 2.24) is 15.5 Å². The van der Waals surface area contributed by atoms with E-state index in [0.717, 1.165) is 11.8 Å². The summed E-state index contributed by atoms with van der Waals surface area (Å²) in [4.78, 5) is 14.2. The molecule has 1 heterocycles. The summed E-state index contributed by atoms with van der Waals surface area (Å²) in [6, 6.07) is 0.450. The van der Waals surface area contributed by atoms with Crippen molar-refractivity contribution in [2.24, 2.45) is 17.3 Å². The third-order valence-electron chi connectivity index (χ3n) is 7.19. The van der Waals surface area contributed by atoms with Gasteiger partial charge in [-0.3, -0.25) is 4.79 Å². The van der Waals surface area contributed by atoms with Gasteiger partial charge >= 0.3 is 0 Å². The van der Waals surface area contributed by atoms with E-state index in [0.29, 0.717) is 30.5 Å². The lowest BCUT2D eigenvalue weighted by atomic mass is 9.87. The van der Waals surface area contributed by atoms with Crippen molar-refractivity contribution >= 4 is 5.91 Å². The lowest BCUT2D eigenvalue weighted by Crippen LogP contribution is -2.49. The number of hydrogen-bond donors (Lipinski definition) is 2. The van der Waals surface area contributed by atoms with E-state index >= 15 is 0 Å². The maximum atomic E-state index is 13.6. The van der Waals surface area contributed by atoms with E-state index in [1.165, 1.54) is 32.1 Å². The Morgan fingerprint density at radius 1 is 1.29 bits per heavy atom. The number of alkyl halides is 1. The van der Waals surface area contributed by atoms with Crippen molar-refractivity contribution in [3.05, 3.63) is 0 Å². The Bertz CT molecular complexity index is 499. The van der Waals surface area contributed by atoms with Crippen LogP contribution in [0.1, 0.15) is 38.5 Å². The van der Waals surface area contributed by atoms with Crippen LogP contribution in [0.3, 0.4) is 0 Å². The summed E-state index contributed by atoms with van der Waals surface area (Å²) in [7, 11) is 3.62. The van der Waals surface area contributed by atoms with Gasteiger partial charge in [0.2, 0.25) is 5.91 Å². The number of nitrogens with zero attached hydrogens (tertiary/aromatic N) is 1. The predicted octanol–water partition coefficient (Wildman–Crippen LogP) is 1.29. The Balaban J connectivity index is 1.33. The second-order valence-electron chi connectivity index (χ2n) is 8.28. The van der Waals surface area contributed by atoms with Crippen LogP contribution in [-0.2, 0) is 9.53 Å². The number of amides is 1. The molecule has 6 heteroatoms. The molecule has 0 bridgehead atoms. The van der Waals surface area contributed by atoms with Crippen molar-refractivity contribution in [1.29, 1.82) is 0 Å². The van der Waals surface area contributed by atoms with Crippen LogP contribution in [0.15, 0.2) is 0 Å². The van der Waals surface area contributed by atoms with Gasteiger partial charge in [0.15, 0.2) is 0 Å². The van der Waals surface area contributed by atoms with Crippen LogP contribution in [-0.4, -0.2) is 62.5 Å². The number of likely N-dealkylation sites (tertiary alicyclic amines) is 1. The Hall–Kier alpha value is -0.720. The third kappa shape index (κ3) is 2.67. The molecular formula is C18H30FN3O2. The zero-order valence-electron chi connectivity index (χ0n) is 14.8. The van der Waals surface area contributed by atoms with Crippen LogP contribution in [0.5, 0.6) is 0 Å². The normalized spacial score (nSPS) is 42.7. The summed E-state index contributed by atoms with van der Waals surface area (Å²) in [5, 5.41) is 6.60. The molecular weight excluding hydrogens is 309 g/mol. The second-order valence-corrected chi connectivity index (χ2v) is 8.28. The van der Waals surface area contributed by atoms with Crippen LogP contribution in [0.4, 0.5) is 4.39 Å². The molecule has 4 fully saturated rings. The number of fused-ring (bicyclic) bond motifs is 2. The maximum Gasteiger partial charge on any atom is 0.237 e. The van der Waals surface area contributed by atoms with Gasteiger partial charge < -0.3 is 20.3 Å². The number of ether oxygens (including phenoxy) is 1. The van der Waals surface area contributed by atoms with E-state index in [9.17, 15) is 9.18 Å². The van der Waals surface area contributed by atoms with E-state index in [1.54, 1.807) is 11.9 Å². The summed E-state index contributed by atoms with van der Waals surface area (Å²) in [6.45, 7) is 0.563. The van der Waals surface area contributed by atoms with E-state index in [4.69, 9.17) is 4.74 Å². The van der Waals surface area contributed by atoms with Gasteiger partial charge in [0.25, 0.3) is 0 Å². The molecule has 0 aromatic rings. The highest BCUT2D eigenvalue weighted by Crippen LogP contribution is 2.67. The first kappa shape index (κ1) is 16.7. The largest absolute Gasteiger partial charge is 0.381 e. The maximum absolute atomic E-state index is 13.6. The van der Waals surface area contributed by atoms with Crippen LogP contribution < -0.4 is 10.6 Å². The Morgan fingerprint density at radius 2 is 2.08 bits per heavy atom. The molecule has 4 rings (SSSR count). The van der Waals surface area contributed by atoms with Gasteiger partial charge in [-0.05, 0) is 56.4 Å². The molecule has 136 valence electrons. The first-order valence-electron chi connectivity index (χ1n) is 9.44. The molecule has 5 nitrogen and oxygen atoms in total. The average Bonchev–Trinajstić information content (AvgIpc) is 3.00. The van der Waals surface area contributed by atoms with E-state index < -0.39 is 6.17 Å². The summed E-state index contributed by atoms with van der Waals surface area (Å²) in [5.41, 5.74) is 0.411. The van der Waals surface area contributed by atoms with Gasteiger partial charge in [-0.2, -0.15) is 0 Å². The summed E-state index contributed by atoms with van der Waals surface area (Å²) < 4.78 is 19.2.